The van der Waals surface area contributed by atoms with Crippen LogP contribution in [0.5, 0.6) is 5.75 Å². The lowest BCUT2D eigenvalue weighted by Gasteiger charge is -2.17. The van der Waals surface area contributed by atoms with Gasteiger partial charge < -0.3 is 15.4 Å². The molecule has 37 heavy (non-hydrogen) atoms. The fourth-order valence-electron chi connectivity index (χ4n) is 3.64. The number of carbonyl (C=O) groups is 2. The second kappa shape index (κ2) is 11.9. The topological polar surface area (TPSA) is 98.1 Å². The summed E-state index contributed by atoms with van der Waals surface area (Å²) in [6, 6.07) is 22.2. The predicted molar refractivity (Wildman–Crippen MR) is 147 cm³/mol. The monoisotopic (exact) mass is 535 g/mol. The molecule has 190 valence electrons. The number of amides is 2. The summed E-state index contributed by atoms with van der Waals surface area (Å²) in [5, 5.41) is 15.5. The van der Waals surface area contributed by atoms with E-state index < -0.39 is 6.10 Å². The highest BCUT2D eigenvalue weighted by Gasteiger charge is 2.22. The maximum atomic E-state index is 12.7. The number of carbonyl (C=O) groups excluding carboxylic acids is 2. The van der Waals surface area contributed by atoms with E-state index >= 15 is 0 Å². The lowest BCUT2D eigenvalue weighted by Crippen LogP contribution is -2.15. The van der Waals surface area contributed by atoms with Crippen molar-refractivity contribution in [1.29, 1.82) is 0 Å². The molecule has 1 heterocycles. The van der Waals surface area contributed by atoms with Gasteiger partial charge in [0.25, 0.3) is 0 Å². The summed E-state index contributed by atoms with van der Waals surface area (Å²) in [6.45, 7) is 5.20. The van der Waals surface area contributed by atoms with Crippen LogP contribution in [0.15, 0.2) is 78.0 Å². The summed E-state index contributed by atoms with van der Waals surface area (Å²) in [5.74, 6) is 0.911. The Balaban J connectivity index is 1.50. The van der Waals surface area contributed by atoms with Crippen LogP contribution in [0.3, 0.4) is 0 Å². The molecular weight excluding hydrogens is 510 g/mol. The molecule has 0 saturated carbocycles. The van der Waals surface area contributed by atoms with Crippen LogP contribution in [-0.2, 0) is 9.59 Å². The molecule has 0 aliphatic rings. The van der Waals surface area contributed by atoms with E-state index in [-0.39, 0.29) is 17.6 Å². The Morgan fingerprint density at radius 2 is 1.76 bits per heavy atom. The number of nitrogens with one attached hydrogen (secondary N) is 2. The number of benzene rings is 3. The van der Waals surface area contributed by atoms with Gasteiger partial charge in [0.2, 0.25) is 11.8 Å². The number of para-hydroxylation sites is 2. The highest BCUT2D eigenvalue weighted by molar-refractivity contribution is 7.99. The third kappa shape index (κ3) is 6.69. The molecular formula is C27H26ClN5O3S. The van der Waals surface area contributed by atoms with Gasteiger partial charge in [-0.25, -0.2) is 0 Å². The lowest BCUT2D eigenvalue weighted by molar-refractivity contribution is -0.114. The molecule has 0 fully saturated rings. The SMILES string of the molecule is CC(=O)Nc1ccc(NC(=O)CSc2nnc(C(C)Oc3ccccc3Cl)n2-c2ccccc2)cc1C. The zero-order valence-electron chi connectivity index (χ0n) is 20.6. The van der Waals surface area contributed by atoms with E-state index in [0.717, 1.165) is 11.3 Å². The van der Waals surface area contributed by atoms with Gasteiger partial charge in [0.05, 0.1) is 10.8 Å². The van der Waals surface area contributed by atoms with Gasteiger partial charge >= 0.3 is 0 Å². The minimum Gasteiger partial charge on any atom is -0.481 e. The van der Waals surface area contributed by atoms with Crippen LogP contribution in [0.2, 0.25) is 5.02 Å². The van der Waals surface area contributed by atoms with Crippen molar-refractivity contribution < 1.29 is 14.3 Å². The minimum atomic E-state index is -0.458. The normalized spacial score (nSPS) is 11.6. The molecule has 4 aromatic rings. The predicted octanol–water partition coefficient (Wildman–Crippen LogP) is 6.06. The Kier molecular flexibility index (Phi) is 8.47. The first-order valence-corrected chi connectivity index (χ1v) is 12.9. The number of anilines is 2. The Bertz CT molecular complexity index is 1410. The number of nitrogens with zero attached hydrogens (tertiary/aromatic N) is 3. The second-order valence-corrected chi connectivity index (χ2v) is 9.60. The molecule has 1 aromatic heterocycles. The molecule has 1 unspecified atom stereocenters. The molecule has 10 heteroatoms. The second-order valence-electron chi connectivity index (χ2n) is 8.25. The van der Waals surface area contributed by atoms with Crippen LogP contribution < -0.4 is 15.4 Å². The standard InChI is InChI=1S/C27H26ClN5O3S/c1-17-15-20(13-14-23(17)29-19(3)34)30-25(35)16-37-27-32-31-26(33(27)21-9-5-4-6-10-21)18(2)36-24-12-8-7-11-22(24)28/h4-15,18H,16H2,1-3H3,(H,29,34)(H,30,35). The number of aromatic nitrogens is 3. The maximum absolute atomic E-state index is 12.7. The van der Waals surface area contributed by atoms with E-state index in [2.05, 4.69) is 20.8 Å². The van der Waals surface area contributed by atoms with Crippen molar-refractivity contribution in [2.75, 3.05) is 16.4 Å². The van der Waals surface area contributed by atoms with Gasteiger partial charge in [0.1, 0.15) is 5.75 Å². The Morgan fingerprint density at radius 1 is 1.03 bits per heavy atom. The van der Waals surface area contributed by atoms with Crippen LogP contribution in [-0.4, -0.2) is 32.3 Å². The smallest absolute Gasteiger partial charge is 0.234 e. The number of thioether (sulfide) groups is 1. The van der Waals surface area contributed by atoms with Crippen molar-refractivity contribution in [2.24, 2.45) is 0 Å². The molecule has 8 nitrogen and oxygen atoms in total. The Labute approximate surface area is 224 Å². The van der Waals surface area contributed by atoms with Crippen molar-refractivity contribution in [3.8, 4) is 11.4 Å². The first-order valence-electron chi connectivity index (χ1n) is 11.5. The summed E-state index contributed by atoms with van der Waals surface area (Å²) in [5.41, 5.74) is 3.05. The van der Waals surface area contributed by atoms with Crippen LogP contribution in [0.25, 0.3) is 5.69 Å². The van der Waals surface area contributed by atoms with Gasteiger partial charge in [0.15, 0.2) is 17.1 Å². The van der Waals surface area contributed by atoms with Crippen LogP contribution in [0.1, 0.15) is 31.3 Å². The van der Waals surface area contributed by atoms with Crippen molar-refractivity contribution >= 4 is 46.6 Å². The maximum Gasteiger partial charge on any atom is 0.234 e. The highest BCUT2D eigenvalue weighted by atomic mass is 35.5. The Morgan fingerprint density at radius 3 is 2.46 bits per heavy atom. The molecule has 2 N–H and O–H groups in total. The van der Waals surface area contributed by atoms with Gasteiger partial charge in [-0.3, -0.25) is 14.2 Å². The zero-order chi connectivity index (χ0) is 26.4. The average Bonchev–Trinajstić information content (AvgIpc) is 3.30. The first kappa shape index (κ1) is 26.2. The van der Waals surface area contributed by atoms with Crippen molar-refractivity contribution in [2.45, 2.75) is 32.0 Å². The van der Waals surface area contributed by atoms with E-state index in [9.17, 15) is 9.59 Å². The number of halogens is 1. The summed E-state index contributed by atoms with van der Waals surface area (Å²) in [7, 11) is 0. The molecule has 4 rings (SSSR count). The number of hydrogen-bond donors (Lipinski definition) is 2. The fourth-order valence-corrected chi connectivity index (χ4v) is 4.58. The number of rotatable bonds is 9. The molecule has 0 spiro atoms. The van der Waals surface area contributed by atoms with E-state index in [0.29, 0.717) is 33.1 Å². The number of aryl methyl sites for hydroxylation is 1. The van der Waals surface area contributed by atoms with Crippen molar-refractivity contribution in [1.82, 2.24) is 14.8 Å². The van der Waals surface area contributed by atoms with Gasteiger partial charge in [-0.05, 0) is 61.9 Å². The van der Waals surface area contributed by atoms with E-state index in [4.69, 9.17) is 16.3 Å². The van der Waals surface area contributed by atoms with E-state index in [1.807, 2.05) is 66.9 Å². The molecule has 0 bridgehead atoms. The molecule has 0 aliphatic carbocycles. The van der Waals surface area contributed by atoms with Crippen LogP contribution in [0.4, 0.5) is 11.4 Å². The first-order chi connectivity index (χ1) is 17.8. The molecule has 0 aliphatic heterocycles. The summed E-state index contributed by atoms with van der Waals surface area (Å²) >= 11 is 7.55. The zero-order valence-corrected chi connectivity index (χ0v) is 22.1. The van der Waals surface area contributed by atoms with Crippen LogP contribution >= 0.6 is 23.4 Å². The third-order valence-electron chi connectivity index (χ3n) is 5.33. The van der Waals surface area contributed by atoms with Crippen molar-refractivity contribution in [3.05, 3.63) is 89.2 Å². The Hall–Kier alpha value is -3.82. The van der Waals surface area contributed by atoms with Crippen molar-refractivity contribution in [3.63, 3.8) is 0 Å². The fraction of sp³-hybridized carbons (Fsp3) is 0.185. The van der Waals surface area contributed by atoms with Gasteiger partial charge in [-0.1, -0.05) is 53.7 Å². The van der Waals surface area contributed by atoms with E-state index in [1.165, 1.54) is 18.7 Å². The van der Waals surface area contributed by atoms with Crippen LogP contribution in [0, 0.1) is 6.92 Å². The third-order valence-corrected chi connectivity index (χ3v) is 6.57. The molecule has 0 saturated heterocycles. The largest absolute Gasteiger partial charge is 0.481 e. The highest BCUT2D eigenvalue weighted by Crippen LogP contribution is 2.31. The van der Waals surface area contributed by atoms with E-state index in [1.54, 1.807) is 24.3 Å². The number of ether oxygens (including phenoxy) is 1. The summed E-state index contributed by atoms with van der Waals surface area (Å²) in [6.07, 6.45) is -0.458. The molecule has 1 atom stereocenters. The number of hydrogen-bond acceptors (Lipinski definition) is 6. The summed E-state index contributed by atoms with van der Waals surface area (Å²) < 4.78 is 7.97. The van der Waals surface area contributed by atoms with Gasteiger partial charge in [-0.2, -0.15) is 0 Å². The van der Waals surface area contributed by atoms with Gasteiger partial charge in [-0.15, -0.1) is 10.2 Å². The minimum absolute atomic E-state index is 0.122. The molecule has 2 amide bonds. The quantitative estimate of drug-likeness (QED) is 0.253. The van der Waals surface area contributed by atoms with Gasteiger partial charge in [0, 0.05) is 24.0 Å². The average molecular weight is 536 g/mol. The molecule has 3 aromatic carbocycles. The summed E-state index contributed by atoms with van der Waals surface area (Å²) in [4.78, 5) is 24.0. The lowest BCUT2D eigenvalue weighted by atomic mass is 10.1. The molecule has 0 radical (unpaired) electrons.